The van der Waals surface area contributed by atoms with E-state index in [0.29, 0.717) is 5.69 Å². The number of carbonyl (C=O) groups is 2. The topological polar surface area (TPSA) is 55.4 Å². The molecule has 2 aromatic rings. The molecule has 2 aromatic carbocycles. The van der Waals surface area contributed by atoms with E-state index in [-0.39, 0.29) is 5.56 Å². The van der Waals surface area contributed by atoms with Crippen LogP contribution in [0, 0.1) is 5.82 Å². The van der Waals surface area contributed by atoms with Crippen LogP contribution in [0.2, 0.25) is 0 Å². The first-order valence-electron chi connectivity index (χ1n) is 6.03. The number of rotatable bonds is 4. The molecule has 0 aliphatic carbocycles. The lowest BCUT2D eigenvalue weighted by atomic mass is 10.2. The Labute approximate surface area is 129 Å². The van der Waals surface area contributed by atoms with E-state index in [4.69, 9.17) is 4.74 Å². The lowest BCUT2D eigenvalue weighted by Crippen LogP contribution is -2.20. The minimum atomic E-state index is -0.751. The second-order valence-electron chi connectivity index (χ2n) is 4.15. The summed E-state index contributed by atoms with van der Waals surface area (Å²) in [4.78, 5) is 23.3. The number of benzene rings is 2. The monoisotopic (exact) mass is 351 g/mol. The van der Waals surface area contributed by atoms with Crippen molar-refractivity contribution in [3.05, 3.63) is 64.4 Å². The molecule has 0 aliphatic heterocycles. The lowest BCUT2D eigenvalue weighted by Gasteiger charge is -2.07. The summed E-state index contributed by atoms with van der Waals surface area (Å²) in [6, 6.07) is 12.1. The van der Waals surface area contributed by atoms with Crippen molar-refractivity contribution < 1.29 is 18.7 Å². The first-order valence-corrected chi connectivity index (χ1v) is 6.82. The zero-order chi connectivity index (χ0) is 15.2. The number of ether oxygens (including phenoxy) is 1. The molecule has 0 saturated carbocycles. The molecule has 0 atom stereocenters. The number of halogens is 2. The van der Waals surface area contributed by atoms with Gasteiger partial charge >= 0.3 is 5.97 Å². The van der Waals surface area contributed by atoms with Gasteiger partial charge in [0.15, 0.2) is 6.61 Å². The van der Waals surface area contributed by atoms with Crippen molar-refractivity contribution in [1.29, 1.82) is 0 Å². The van der Waals surface area contributed by atoms with Gasteiger partial charge in [0.25, 0.3) is 5.91 Å². The van der Waals surface area contributed by atoms with E-state index < -0.39 is 24.3 Å². The molecule has 0 saturated heterocycles. The van der Waals surface area contributed by atoms with Crippen LogP contribution < -0.4 is 5.32 Å². The highest BCUT2D eigenvalue weighted by atomic mass is 79.9. The number of anilines is 1. The van der Waals surface area contributed by atoms with Gasteiger partial charge in [-0.2, -0.15) is 0 Å². The Hall–Kier alpha value is -2.21. The Morgan fingerprint density at radius 2 is 1.90 bits per heavy atom. The SMILES string of the molecule is O=C(COC(=O)c1cccc(F)c1)Nc1cccc(Br)c1. The molecule has 1 N–H and O–H groups in total. The Morgan fingerprint density at radius 1 is 1.14 bits per heavy atom. The van der Waals surface area contributed by atoms with Crippen LogP contribution in [0.1, 0.15) is 10.4 Å². The summed E-state index contributed by atoms with van der Waals surface area (Å²) < 4.78 is 18.6. The van der Waals surface area contributed by atoms with Gasteiger partial charge in [-0.05, 0) is 36.4 Å². The molecule has 0 bridgehead atoms. The van der Waals surface area contributed by atoms with E-state index >= 15 is 0 Å². The predicted octanol–water partition coefficient (Wildman–Crippen LogP) is 3.38. The van der Waals surface area contributed by atoms with Gasteiger partial charge in [0.05, 0.1) is 5.56 Å². The molecular formula is C15H11BrFNO3. The van der Waals surface area contributed by atoms with Crippen molar-refractivity contribution in [3.63, 3.8) is 0 Å². The van der Waals surface area contributed by atoms with Crippen molar-refractivity contribution in [3.8, 4) is 0 Å². The second-order valence-corrected chi connectivity index (χ2v) is 5.06. The maximum Gasteiger partial charge on any atom is 0.338 e. The third kappa shape index (κ3) is 4.68. The fourth-order valence-corrected chi connectivity index (χ4v) is 1.99. The van der Waals surface area contributed by atoms with Gasteiger partial charge in [0.1, 0.15) is 5.82 Å². The van der Waals surface area contributed by atoms with Crippen LogP contribution in [0.15, 0.2) is 53.0 Å². The Balaban J connectivity index is 1.88. The van der Waals surface area contributed by atoms with E-state index in [1.165, 1.54) is 18.2 Å². The number of carbonyl (C=O) groups excluding carboxylic acids is 2. The van der Waals surface area contributed by atoms with E-state index in [9.17, 15) is 14.0 Å². The first-order chi connectivity index (χ1) is 10.0. The van der Waals surface area contributed by atoms with Gasteiger partial charge in [-0.1, -0.05) is 28.1 Å². The molecule has 0 spiro atoms. The smallest absolute Gasteiger partial charge is 0.338 e. The summed E-state index contributed by atoms with van der Waals surface area (Å²) >= 11 is 3.28. The highest BCUT2D eigenvalue weighted by Crippen LogP contribution is 2.15. The van der Waals surface area contributed by atoms with Gasteiger partial charge in [-0.25, -0.2) is 9.18 Å². The average Bonchev–Trinajstić information content (AvgIpc) is 2.45. The molecule has 0 fully saturated rings. The van der Waals surface area contributed by atoms with Gasteiger partial charge < -0.3 is 10.1 Å². The molecule has 21 heavy (non-hydrogen) atoms. The summed E-state index contributed by atoms with van der Waals surface area (Å²) in [7, 11) is 0. The summed E-state index contributed by atoms with van der Waals surface area (Å²) in [5.74, 6) is -1.76. The van der Waals surface area contributed by atoms with Crippen LogP contribution in [0.4, 0.5) is 10.1 Å². The molecule has 0 heterocycles. The normalized spacial score (nSPS) is 10.0. The number of nitrogens with one attached hydrogen (secondary N) is 1. The molecular weight excluding hydrogens is 341 g/mol. The van der Waals surface area contributed by atoms with Crippen molar-refractivity contribution >= 4 is 33.5 Å². The van der Waals surface area contributed by atoms with Crippen LogP contribution in [0.3, 0.4) is 0 Å². The molecule has 0 aliphatic rings. The van der Waals surface area contributed by atoms with Crippen LogP contribution >= 0.6 is 15.9 Å². The zero-order valence-corrected chi connectivity index (χ0v) is 12.4. The largest absolute Gasteiger partial charge is 0.452 e. The maximum atomic E-state index is 13.0. The molecule has 0 radical (unpaired) electrons. The second kappa shape index (κ2) is 6.99. The van der Waals surface area contributed by atoms with Crippen LogP contribution in [-0.2, 0) is 9.53 Å². The highest BCUT2D eigenvalue weighted by molar-refractivity contribution is 9.10. The van der Waals surface area contributed by atoms with Gasteiger partial charge in [0, 0.05) is 10.2 Å². The van der Waals surface area contributed by atoms with Crippen LogP contribution in [0.25, 0.3) is 0 Å². The molecule has 2 rings (SSSR count). The molecule has 108 valence electrons. The fraction of sp³-hybridized carbons (Fsp3) is 0.0667. The van der Waals surface area contributed by atoms with Gasteiger partial charge in [0.2, 0.25) is 0 Å². The summed E-state index contributed by atoms with van der Waals surface area (Å²) in [6.45, 7) is -0.443. The van der Waals surface area contributed by atoms with Crippen LogP contribution in [-0.4, -0.2) is 18.5 Å². The molecule has 1 amide bonds. The van der Waals surface area contributed by atoms with Crippen LogP contribution in [0.5, 0.6) is 0 Å². The number of hydrogen-bond donors (Lipinski definition) is 1. The zero-order valence-electron chi connectivity index (χ0n) is 10.8. The van der Waals surface area contributed by atoms with Gasteiger partial charge in [-0.3, -0.25) is 4.79 Å². The quantitative estimate of drug-likeness (QED) is 0.859. The fourth-order valence-electron chi connectivity index (χ4n) is 1.59. The number of esters is 1. The minimum Gasteiger partial charge on any atom is -0.452 e. The third-order valence-corrected chi connectivity index (χ3v) is 3.00. The average molecular weight is 352 g/mol. The van der Waals surface area contributed by atoms with E-state index in [0.717, 1.165) is 10.5 Å². The Morgan fingerprint density at radius 3 is 2.62 bits per heavy atom. The first kappa shape index (κ1) is 15.2. The van der Waals surface area contributed by atoms with Crippen molar-refractivity contribution in [2.75, 3.05) is 11.9 Å². The molecule has 0 aromatic heterocycles. The molecule has 0 unspecified atom stereocenters. The Kier molecular flexibility index (Phi) is 5.05. The highest BCUT2D eigenvalue weighted by Gasteiger charge is 2.11. The number of hydrogen-bond acceptors (Lipinski definition) is 3. The summed E-state index contributed by atoms with van der Waals surface area (Å²) in [5, 5.41) is 2.58. The predicted molar refractivity (Wildman–Crippen MR) is 79.5 cm³/mol. The molecule has 6 heteroatoms. The number of amides is 1. The van der Waals surface area contributed by atoms with E-state index in [1.807, 2.05) is 6.07 Å². The standard InChI is InChI=1S/C15H11BrFNO3/c16-11-4-2-6-13(8-11)18-14(19)9-21-15(20)10-3-1-5-12(17)7-10/h1-8H,9H2,(H,18,19). The van der Waals surface area contributed by atoms with Crippen molar-refractivity contribution in [2.24, 2.45) is 0 Å². The third-order valence-electron chi connectivity index (χ3n) is 2.50. The van der Waals surface area contributed by atoms with Crippen molar-refractivity contribution in [1.82, 2.24) is 0 Å². The summed E-state index contributed by atoms with van der Waals surface area (Å²) in [5.41, 5.74) is 0.640. The van der Waals surface area contributed by atoms with E-state index in [1.54, 1.807) is 18.2 Å². The summed E-state index contributed by atoms with van der Waals surface area (Å²) in [6.07, 6.45) is 0. The van der Waals surface area contributed by atoms with Gasteiger partial charge in [-0.15, -0.1) is 0 Å². The maximum absolute atomic E-state index is 13.0. The van der Waals surface area contributed by atoms with Crippen molar-refractivity contribution in [2.45, 2.75) is 0 Å². The minimum absolute atomic E-state index is 0.0604. The Bertz CT molecular complexity index is 675. The molecule has 4 nitrogen and oxygen atoms in total. The van der Waals surface area contributed by atoms with E-state index in [2.05, 4.69) is 21.2 Å². The lowest BCUT2D eigenvalue weighted by molar-refractivity contribution is -0.119.